The lowest BCUT2D eigenvalue weighted by Gasteiger charge is -2.10. The van der Waals surface area contributed by atoms with Crippen LogP contribution in [0.25, 0.3) is 0 Å². The fraction of sp³-hybridized carbons (Fsp3) is 0.385. The molecular weight excluding hydrogens is 291 g/mol. The van der Waals surface area contributed by atoms with Crippen LogP contribution in [0.5, 0.6) is 5.75 Å². The second-order valence-electron chi connectivity index (χ2n) is 4.41. The molecule has 0 aliphatic carbocycles. The van der Waals surface area contributed by atoms with Crippen molar-refractivity contribution >= 4 is 11.9 Å². The summed E-state index contributed by atoms with van der Waals surface area (Å²) in [7, 11) is 0. The van der Waals surface area contributed by atoms with Gasteiger partial charge in [0.2, 0.25) is 5.91 Å². The normalized spacial score (nSPS) is 12.6. The van der Waals surface area contributed by atoms with Crippen LogP contribution >= 0.6 is 0 Å². The summed E-state index contributed by atoms with van der Waals surface area (Å²) in [5.41, 5.74) is 0.491. The van der Waals surface area contributed by atoms with E-state index in [-0.39, 0.29) is 18.7 Å². The molecule has 1 amide bonds. The first-order chi connectivity index (χ1) is 9.67. The number of amides is 1. The predicted octanol–water partition coefficient (Wildman–Crippen LogP) is 1.96. The Bertz CT molecular complexity index is 499. The molecule has 0 bridgehead atoms. The average Bonchev–Trinajstić information content (AvgIpc) is 2.36. The highest BCUT2D eigenvalue weighted by molar-refractivity contribution is 5.79. The van der Waals surface area contributed by atoms with Crippen LogP contribution in [0.3, 0.4) is 0 Å². The molecule has 0 saturated carbocycles. The highest BCUT2D eigenvalue weighted by atomic mass is 19.4. The van der Waals surface area contributed by atoms with Gasteiger partial charge >= 0.3 is 12.3 Å². The standard InChI is InChI=1S/C13H14F3NO4/c1-8(12(19)20)7-17-11(18)6-9-2-4-10(5-3-9)21-13(14,15)16/h2-5,8H,6-7H2,1H3,(H,17,18)(H,19,20). The summed E-state index contributed by atoms with van der Waals surface area (Å²) in [5, 5.41) is 11.1. The molecule has 0 spiro atoms. The largest absolute Gasteiger partial charge is 0.573 e. The Kier molecular flexibility index (Phi) is 5.57. The van der Waals surface area contributed by atoms with Crippen molar-refractivity contribution in [2.75, 3.05) is 6.54 Å². The fourth-order valence-electron chi connectivity index (χ4n) is 1.41. The van der Waals surface area contributed by atoms with Crippen molar-refractivity contribution < 1.29 is 32.6 Å². The van der Waals surface area contributed by atoms with Gasteiger partial charge in [-0.2, -0.15) is 0 Å². The Morgan fingerprint density at radius 3 is 2.33 bits per heavy atom. The van der Waals surface area contributed by atoms with Crippen molar-refractivity contribution in [3.63, 3.8) is 0 Å². The molecule has 1 rings (SSSR count). The first kappa shape index (κ1) is 16.8. The van der Waals surface area contributed by atoms with Gasteiger partial charge in [-0.25, -0.2) is 0 Å². The van der Waals surface area contributed by atoms with Crippen LogP contribution in [0.15, 0.2) is 24.3 Å². The van der Waals surface area contributed by atoms with Crippen molar-refractivity contribution in [1.29, 1.82) is 0 Å². The Labute approximate surface area is 118 Å². The number of rotatable bonds is 6. The van der Waals surface area contributed by atoms with E-state index in [9.17, 15) is 22.8 Å². The van der Waals surface area contributed by atoms with E-state index in [0.717, 1.165) is 12.1 Å². The first-order valence-electron chi connectivity index (χ1n) is 6.01. The van der Waals surface area contributed by atoms with Crippen LogP contribution in [0.1, 0.15) is 12.5 Å². The Morgan fingerprint density at radius 2 is 1.86 bits per heavy atom. The molecule has 0 heterocycles. The van der Waals surface area contributed by atoms with E-state index in [2.05, 4.69) is 10.1 Å². The van der Waals surface area contributed by atoms with E-state index < -0.39 is 24.2 Å². The molecule has 0 aromatic heterocycles. The van der Waals surface area contributed by atoms with Crippen molar-refractivity contribution in [2.24, 2.45) is 5.92 Å². The highest BCUT2D eigenvalue weighted by Gasteiger charge is 2.30. The predicted molar refractivity (Wildman–Crippen MR) is 66.6 cm³/mol. The molecule has 0 radical (unpaired) electrons. The summed E-state index contributed by atoms with van der Waals surface area (Å²) < 4.78 is 39.6. The van der Waals surface area contributed by atoms with Crippen LogP contribution in [0.2, 0.25) is 0 Å². The molecule has 1 atom stereocenters. The molecule has 1 aromatic carbocycles. The van der Waals surface area contributed by atoms with Gasteiger partial charge in [0.1, 0.15) is 5.75 Å². The second-order valence-corrected chi connectivity index (χ2v) is 4.41. The monoisotopic (exact) mass is 305 g/mol. The number of benzene rings is 1. The zero-order chi connectivity index (χ0) is 16.0. The quantitative estimate of drug-likeness (QED) is 0.842. The zero-order valence-electron chi connectivity index (χ0n) is 11.1. The van der Waals surface area contributed by atoms with Crippen molar-refractivity contribution in [2.45, 2.75) is 19.7 Å². The van der Waals surface area contributed by atoms with Gasteiger partial charge in [-0.15, -0.1) is 13.2 Å². The number of hydrogen-bond acceptors (Lipinski definition) is 3. The number of alkyl halides is 3. The van der Waals surface area contributed by atoms with Gasteiger partial charge in [0, 0.05) is 6.54 Å². The number of halogens is 3. The molecule has 0 fully saturated rings. The molecule has 5 nitrogen and oxygen atoms in total. The Balaban J connectivity index is 2.48. The number of carboxylic acid groups (broad SMARTS) is 1. The zero-order valence-corrected chi connectivity index (χ0v) is 11.1. The number of hydrogen-bond donors (Lipinski definition) is 2. The van der Waals surface area contributed by atoms with Crippen LogP contribution in [-0.2, 0) is 16.0 Å². The highest BCUT2D eigenvalue weighted by Crippen LogP contribution is 2.22. The third-order valence-corrected chi connectivity index (χ3v) is 2.55. The molecule has 1 unspecified atom stereocenters. The van der Waals surface area contributed by atoms with Gasteiger partial charge in [-0.3, -0.25) is 9.59 Å². The number of carbonyl (C=O) groups is 2. The van der Waals surface area contributed by atoms with Crippen LogP contribution in [0.4, 0.5) is 13.2 Å². The molecule has 116 valence electrons. The second kappa shape index (κ2) is 6.96. The van der Waals surface area contributed by atoms with E-state index in [1.54, 1.807) is 0 Å². The lowest BCUT2D eigenvalue weighted by Crippen LogP contribution is -2.32. The van der Waals surface area contributed by atoms with Gasteiger partial charge in [0.05, 0.1) is 12.3 Å². The number of ether oxygens (including phenoxy) is 1. The molecule has 0 saturated heterocycles. The van der Waals surface area contributed by atoms with E-state index >= 15 is 0 Å². The van der Waals surface area contributed by atoms with Gasteiger partial charge in [-0.1, -0.05) is 19.1 Å². The minimum atomic E-state index is -4.76. The van der Waals surface area contributed by atoms with Crippen LogP contribution in [-0.4, -0.2) is 29.9 Å². The van der Waals surface area contributed by atoms with Gasteiger partial charge in [-0.05, 0) is 17.7 Å². The smallest absolute Gasteiger partial charge is 0.481 e. The number of nitrogens with one attached hydrogen (secondary N) is 1. The maximum atomic E-state index is 12.0. The average molecular weight is 305 g/mol. The molecule has 1 aromatic rings. The third-order valence-electron chi connectivity index (χ3n) is 2.55. The van der Waals surface area contributed by atoms with Crippen LogP contribution < -0.4 is 10.1 Å². The van der Waals surface area contributed by atoms with Crippen molar-refractivity contribution in [3.05, 3.63) is 29.8 Å². The van der Waals surface area contributed by atoms with Crippen LogP contribution in [0, 0.1) is 5.92 Å². The summed E-state index contributed by atoms with van der Waals surface area (Å²) in [6.45, 7) is 1.44. The lowest BCUT2D eigenvalue weighted by molar-refractivity contribution is -0.274. The minimum absolute atomic E-state index is 0.0105. The topological polar surface area (TPSA) is 75.6 Å². The molecular formula is C13H14F3NO4. The number of carboxylic acids is 1. The van der Waals surface area contributed by atoms with Gasteiger partial charge < -0.3 is 15.2 Å². The van der Waals surface area contributed by atoms with Gasteiger partial charge in [0.25, 0.3) is 0 Å². The summed E-state index contributed by atoms with van der Waals surface area (Å²) in [5.74, 6) is -2.51. The fourth-order valence-corrected chi connectivity index (χ4v) is 1.41. The Hall–Kier alpha value is -2.25. The third kappa shape index (κ3) is 6.64. The van der Waals surface area contributed by atoms with Crippen molar-refractivity contribution in [1.82, 2.24) is 5.32 Å². The Morgan fingerprint density at radius 1 is 1.29 bits per heavy atom. The van der Waals surface area contributed by atoms with Gasteiger partial charge in [0.15, 0.2) is 0 Å². The van der Waals surface area contributed by atoms with Crippen molar-refractivity contribution in [3.8, 4) is 5.75 Å². The number of carbonyl (C=O) groups excluding carboxylic acids is 1. The summed E-state index contributed by atoms with van der Waals surface area (Å²) >= 11 is 0. The lowest BCUT2D eigenvalue weighted by atomic mass is 10.1. The van der Waals surface area contributed by atoms with E-state index in [1.807, 2.05) is 0 Å². The molecule has 2 N–H and O–H groups in total. The first-order valence-corrected chi connectivity index (χ1v) is 6.01. The summed E-state index contributed by atoms with van der Waals surface area (Å²) in [6, 6.07) is 4.88. The van der Waals surface area contributed by atoms with E-state index in [0.29, 0.717) is 5.56 Å². The minimum Gasteiger partial charge on any atom is -0.481 e. The maximum Gasteiger partial charge on any atom is 0.573 e. The molecule has 0 aliphatic rings. The molecule has 0 aliphatic heterocycles. The molecule has 8 heteroatoms. The molecule has 21 heavy (non-hydrogen) atoms. The maximum absolute atomic E-state index is 12.0. The summed E-state index contributed by atoms with van der Waals surface area (Å²) in [6.07, 6.45) is -4.81. The van der Waals surface area contributed by atoms with E-state index in [4.69, 9.17) is 5.11 Å². The summed E-state index contributed by atoms with van der Waals surface area (Å²) in [4.78, 5) is 22.1. The van der Waals surface area contributed by atoms with E-state index in [1.165, 1.54) is 19.1 Å². The number of aliphatic carboxylic acids is 1. The SMILES string of the molecule is CC(CNC(=O)Cc1ccc(OC(F)(F)F)cc1)C(=O)O.